The third-order valence-electron chi connectivity index (χ3n) is 3.53. The summed E-state index contributed by atoms with van der Waals surface area (Å²) in [5.41, 5.74) is -0.301. The summed E-state index contributed by atoms with van der Waals surface area (Å²) < 4.78 is 21.0. The Labute approximate surface area is 130 Å². The number of nitrogens with zero attached hydrogens (tertiary/aromatic N) is 2. The number of hydrogen-bond donors (Lipinski definition) is 0. The molecule has 1 unspecified atom stereocenters. The summed E-state index contributed by atoms with van der Waals surface area (Å²) in [5, 5.41) is 3.90. The van der Waals surface area contributed by atoms with Crippen molar-refractivity contribution in [2.24, 2.45) is 5.41 Å². The van der Waals surface area contributed by atoms with Crippen LogP contribution >= 0.6 is 0 Å². The predicted molar refractivity (Wildman–Crippen MR) is 76.8 cm³/mol. The van der Waals surface area contributed by atoms with Crippen LogP contribution in [-0.2, 0) is 32.0 Å². The van der Waals surface area contributed by atoms with Crippen LogP contribution in [0.15, 0.2) is 4.52 Å². The van der Waals surface area contributed by atoms with Gasteiger partial charge in [-0.2, -0.15) is 4.98 Å². The first-order chi connectivity index (χ1) is 10.5. The van der Waals surface area contributed by atoms with Gasteiger partial charge in [-0.05, 0) is 24.7 Å². The summed E-state index contributed by atoms with van der Waals surface area (Å²) in [4.78, 5) is 15.7. The van der Waals surface area contributed by atoms with E-state index in [9.17, 15) is 4.79 Å². The largest absolute Gasteiger partial charge is 0.469 e. The van der Waals surface area contributed by atoms with Crippen molar-refractivity contribution < 1.29 is 23.5 Å². The molecule has 0 bridgehead atoms. The summed E-state index contributed by atoms with van der Waals surface area (Å²) in [6.45, 7) is 4.93. The van der Waals surface area contributed by atoms with Gasteiger partial charge in [0.25, 0.3) is 0 Å². The maximum atomic E-state index is 11.4. The SMILES string of the molecule is COC(=O)CC(C)(C)Cc1nc(COC2CCCCO2)no1. The molecule has 22 heavy (non-hydrogen) atoms. The van der Waals surface area contributed by atoms with E-state index in [1.165, 1.54) is 7.11 Å². The number of carbonyl (C=O) groups is 1. The fraction of sp³-hybridized carbons (Fsp3) is 0.800. The molecule has 0 radical (unpaired) electrons. The monoisotopic (exact) mass is 312 g/mol. The van der Waals surface area contributed by atoms with Crippen molar-refractivity contribution >= 4 is 5.97 Å². The molecular formula is C15H24N2O5. The molecule has 0 aromatic carbocycles. The van der Waals surface area contributed by atoms with Gasteiger partial charge in [0.15, 0.2) is 12.1 Å². The van der Waals surface area contributed by atoms with Crippen molar-refractivity contribution in [3.05, 3.63) is 11.7 Å². The van der Waals surface area contributed by atoms with E-state index < -0.39 is 0 Å². The van der Waals surface area contributed by atoms with Crippen LogP contribution in [0.25, 0.3) is 0 Å². The fourth-order valence-electron chi connectivity index (χ4n) is 2.37. The number of carbonyl (C=O) groups excluding carboxylic acids is 1. The average molecular weight is 312 g/mol. The van der Waals surface area contributed by atoms with Crippen LogP contribution in [0, 0.1) is 5.41 Å². The van der Waals surface area contributed by atoms with Crippen LogP contribution in [-0.4, -0.2) is 36.1 Å². The van der Waals surface area contributed by atoms with E-state index in [2.05, 4.69) is 10.1 Å². The Morgan fingerprint density at radius 1 is 1.41 bits per heavy atom. The van der Waals surface area contributed by atoms with E-state index in [4.69, 9.17) is 18.7 Å². The highest BCUT2D eigenvalue weighted by molar-refractivity contribution is 5.69. The van der Waals surface area contributed by atoms with Crippen LogP contribution in [0.3, 0.4) is 0 Å². The second-order valence-electron chi connectivity index (χ2n) is 6.31. The number of methoxy groups -OCH3 is 1. The van der Waals surface area contributed by atoms with Crippen LogP contribution in [0.4, 0.5) is 0 Å². The standard InChI is InChI=1S/C15H24N2O5/c1-15(2,9-13(18)19-3)8-12-16-11(17-22-12)10-21-14-6-4-5-7-20-14/h14H,4-10H2,1-3H3. The molecule has 1 aromatic rings. The first-order valence-corrected chi connectivity index (χ1v) is 7.60. The van der Waals surface area contributed by atoms with Gasteiger partial charge in [-0.25, -0.2) is 0 Å². The van der Waals surface area contributed by atoms with Crippen LogP contribution in [0.2, 0.25) is 0 Å². The molecule has 0 spiro atoms. The van der Waals surface area contributed by atoms with Crippen molar-refractivity contribution in [3.8, 4) is 0 Å². The Bertz CT molecular complexity index is 480. The second-order valence-corrected chi connectivity index (χ2v) is 6.31. The Morgan fingerprint density at radius 3 is 2.91 bits per heavy atom. The summed E-state index contributed by atoms with van der Waals surface area (Å²) in [6.07, 6.45) is 3.73. The molecule has 0 saturated carbocycles. The quantitative estimate of drug-likeness (QED) is 0.714. The number of rotatable bonds is 7. The fourth-order valence-corrected chi connectivity index (χ4v) is 2.37. The van der Waals surface area contributed by atoms with Gasteiger partial charge in [-0.15, -0.1) is 0 Å². The Morgan fingerprint density at radius 2 is 2.23 bits per heavy atom. The van der Waals surface area contributed by atoms with E-state index in [0.29, 0.717) is 24.6 Å². The lowest BCUT2D eigenvalue weighted by Gasteiger charge is -2.21. The van der Waals surface area contributed by atoms with Crippen LogP contribution < -0.4 is 0 Å². The minimum absolute atomic E-state index is 0.175. The van der Waals surface area contributed by atoms with Crippen LogP contribution in [0.5, 0.6) is 0 Å². The Balaban J connectivity index is 1.81. The molecule has 0 N–H and O–H groups in total. The van der Waals surface area contributed by atoms with Crippen molar-refractivity contribution in [2.75, 3.05) is 13.7 Å². The molecule has 1 aliphatic heterocycles. The van der Waals surface area contributed by atoms with Crippen LogP contribution in [0.1, 0.15) is 51.2 Å². The maximum absolute atomic E-state index is 11.4. The summed E-state index contributed by atoms with van der Waals surface area (Å²) in [7, 11) is 1.38. The Hall–Kier alpha value is -1.47. The van der Waals surface area contributed by atoms with E-state index in [0.717, 1.165) is 25.9 Å². The molecule has 1 aromatic heterocycles. The van der Waals surface area contributed by atoms with Gasteiger partial charge in [0, 0.05) is 13.0 Å². The normalized spacial score (nSPS) is 19.1. The highest BCUT2D eigenvalue weighted by atomic mass is 16.7. The van der Waals surface area contributed by atoms with Gasteiger partial charge in [0.05, 0.1) is 13.5 Å². The van der Waals surface area contributed by atoms with Gasteiger partial charge in [0.2, 0.25) is 5.89 Å². The predicted octanol–water partition coefficient (Wildman–Crippen LogP) is 2.24. The van der Waals surface area contributed by atoms with E-state index in [-0.39, 0.29) is 24.3 Å². The molecule has 1 aliphatic rings. The van der Waals surface area contributed by atoms with Gasteiger partial charge < -0.3 is 18.7 Å². The zero-order valence-electron chi connectivity index (χ0n) is 13.5. The second kappa shape index (κ2) is 7.69. The molecule has 1 atom stereocenters. The highest BCUT2D eigenvalue weighted by Gasteiger charge is 2.26. The molecule has 0 amide bonds. The number of hydrogen-bond acceptors (Lipinski definition) is 7. The average Bonchev–Trinajstić information content (AvgIpc) is 2.92. The van der Waals surface area contributed by atoms with Crippen molar-refractivity contribution in [1.29, 1.82) is 0 Å². The maximum Gasteiger partial charge on any atom is 0.306 e. The smallest absolute Gasteiger partial charge is 0.306 e. The third kappa shape index (κ3) is 5.38. The molecule has 124 valence electrons. The molecule has 2 rings (SSSR count). The topological polar surface area (TPSA) is 83.7 Å². The van der Waals surface area contributed by atoms with Gasteiger partial charge in [-0.3, -0.25) is 4.79 Å². The van der Waals surface area contributed by atoms with Crippen molar-refractivity contribution in [1.82, 2.24) is 10.1 Å². The molecule has 2 heterocycles. The van der Waals surface area contributed by atoms with Gasteiger partial charge >= 0.3 is 5.97 Å². The summed E-state index contributed by atoms with van der Waals surface area (Å²) in [5.74, 6) is 0.748. The van der Waals surface area contributed by atoms with E-state index in [1.807, 2.05) is 13.8 Å². The molecule has 1 fully saturated rings. The zero-order chi connectivity index (χ0) is 16.0. The lowest BCUT2D eigenvalue weighted by atomic mass is 9.86. The van der Waals surface area contributed by atoms with Crippen molar-refractivity contribution in [2.45, 2.75) is 58.8 Å². The minimum atomic E-state index is -0.301. The highest BCUT2D eigenvalue weighted by Crippen LogP contribution is 2.25. The summed E-state index contributed by atoms with van der Waals surface area (Å²) in [6, 6.07) is 0. The molecule has 7 heteroatoms. The zero-order valence-corrected chi connectivity index (χ0v) is 13.5. The third-order valence-corrected chi connectivity index (χ3v) is 3.53. The molecular weight excluding hydrogens is 288 g/mol. The molecule has 7 nitrogen and oxygen atoms in total. The van der Waals surface area contributed by atoms with E-state index in [1.54, 1.807) is 0 Å². The van der Waals surface area contributed by atoms with Crippen molar-refractivity contribution in [3.63, 3.8) is 0 Å². The molecule has 0 aliphatic carbocycles. The first-order valence-electron chi connectivity index (χ1n) is 7.60. The lowest BCUT2D eigenvalue weighted by Crippen LogP contribution is -2.22. The first kappa shape index (κ1) is 16.9. The summed E-state index contributed by atoms with van der Waals surface area (Å²) >= 11 is 0. The number of esters is 1. The molecule has 1 saturated heterocycles. The van der Waals surface area contributed by atoms with Gasteiger partial charge in [-0.1, -0.05) is 19.0 Å². The van der Waals surface area contributed by atoms with E-state index >= 15 is 0 Å². The minimum Gasteiger partial charge on any atom is -0.469 e. The van der Waals surface area contributed by atoms with Gasteiger partial charge in [0.1, 0.15) is 6.61 Å². The lowest BCUT2D eigenvalue weighted by molar-refractivity contribution is -0.170. The number of ether oxygens (including phenoxy) is 3. The number of aromatic nitrogens is 2. The Kier molecular flexibility index (Phi) is 5.90.